The molecule has 0 aliphatic heterocycles. The molecule has 1 heterocycles. The lowest BCUT2D eigenvalue weighted by Crippen LogP contribution is -2.51. The van der Waals surface area contributed by atoms with Crippen molar-refractivity contribution < 1.29 is 8.68 Å². The molecule has 0 unspecified atom stereocenters. The Hall–Kier alpha value is -1.41. The van der Waals surface area contributed by atoms with Crippen molar-refractivity contribution in [1.82, 2.24) is 0 Å². The van der Waals surface area contributed by atoms with Crippen LogP contribution in [0, 0.1) is 19.2 Å². The third-order valence-electron chi connectivity index (χ3n) is 6.13. The molecule has 0 saturated heterocycles. The van der Waals surface area contributed by atoms with Crippen LogP contribution in [-0.2, 0) is 12.5 Å². The Balaban J connectivity index is 2.81. The van der Waals surface area contributed by atoms with Crippen molar-refractivity contribution in [3.05, 3.63) is 47.2 Å². The van der Waals surface area contributed by atoms with Gasteiger partial charge in [0.25, 0.3) is 0 Å². The molecule has 0 bridgehead atoms. The topological polar surface area (TPSA) is 3.88 Å². The molecule has 0 saturated carbocycles. The van der Waals surface area contributed by atoms with Gasteiger partial charge in [0.05, 0.1) is 8.07 Å². The first-order chi connectivity index (χ1) is 12.9. The van der Waals surface area contributed by atoms with Gasteiger partial charge in [-0.1, -0.05) is 72.0 Å². The fraction of sp³-hybridized carbons (Fsp3) is 0.542. The molecule has 2 rings (SSSR count). The van der Waals surface area contributed by atoms with E-state index in [0.29, 0.717) is 5.56 Å². The van der Waals surface area contributed by atoms with Crippen LogP contribution in [0.3, 0.4) is 0 Å². The minimum absolute atomic E-state index is 0.00183. The van der Waals surface area contributed by atoms with Gasteiger partial charge >= 0.3 is 0 Å². The van der Waals surface area contributed by atoms with Gasteiger partial charge in [-0.2, -0.15) is 0 Å². The summed E-state index contributed by atoms with van der Waals surface area (Å²) in [5.74, 6) is 0. The van der Waals surface area contributed by atoms with Crippen LogP contribution in [-0.4, -0.2) is 8.07 Å². The van der Waals surface area contributed by atoms with Gasteiger partial charge in [0.2, 0.25) is 5.69 Å². The zero-order valence-electron chi connectivity index (χ0n) is 21.3. The van der Waals surface area contributed by atoms with Gasteiger partial charge < -0.3 is 0 Å². The van der Waals surface area contributed by atoms with Gasteiger partial charge in [-0.05, 0) is 41.8 Å². The second-order valence-electron chi connectivity index (χ2n) is 10.3. The molecule has 1 nitrogen and oxygen atoms in total. The highest BCUT2D eigenvalue weighted by Gasteiger charge is 2.40. The average molecular weight is 372 g/mol. The van der Waals surface area contributed by atoms with E-state index in [4.69, 9.17) is 4.11 Å². The Bertz CT molecular complexity index is 913. The summed E-state index contributed by atoms with van der Waals surface area (Å²) >= 11 is 0. The van der Waals surface area contributed by atoms with Crippen molar-refractivity contribution in [2.75, 3.05) is 0 Å². The average Bonchev–Trinajstić information content (AvgIpc) is 2.52. The lowest BCUT2D eigenvalue weighted by atomic mass is 9.65. The summed E-state index contributed by atoms with van der Waals surface area (Å²) in [6.07, 6.45) is 2.32. The Kier molecular flexibility index (Phi) is 4.27. The summed E-state index contributed by atoms with van der Waals surface area (Å²) in [7, 11) is 0.537. The molecule has 0 aliphatic carbocycles. The molecule has 0 fully saturated rings. The summed E-state index contributed by atoms with van der Waals surface area (Å²) in [6, 6.07) is 7.88. The van der Waals surface area contributed by atoms with E-state index in [1.807, 2.05) is 19.1 Å². The van der Waals surface area contributed by atoms with Crippen molar-refractivity contribution in [2.24, 2.45) is 12.5 Å². The van der Waals surface area contributed by atoms with E-state index >= 15 is 0 Å². The largest absolute Gasteiger partial charge is 0.212 e. The standard InChI is InChI=1S/C24H38NSi/c1-17-12-13-19(18(2)14-17)21-15-20(24(6,7)23(3,4)5)22(16-25(21)8)26(9,10)11/h12-16H,1-11H3/q+1/i1D3. The zero-order chi connectivity index (χ0) is 22.6. The first-order valence-electron chi connectivity index (χ1n) is 11.0. The molecule has 0 aliphatic rings. The van der Waals surface area contributed by atoms with E-state index in [2.05, 4.69) is 78.1 Å². The van der Waals surface area contributed by atoms with Crippen LogP contribution in [0.1, 0.15) is 55.4 Å². The Morgan fingerprint density at radius 1 is 1.00 bits per heavy atom. The van der Waals surface area contributed by atoms with Crippen LogP contribution < -0.4 is 9.75 Å². The number of rotatable bonds is 3. The first-order valence-corrected chi connectivity index (χ1v) is 13.0. The van der Waals surface area contributed by atoms with Gasteiger partial charge in [0.15, 0.2) is 6.20 Å². The lowest BCUT2D eigenvalue weighted by Gasteiger charge is -2.41. The molecule has 0 N–H and O–H groups in total. The molecule has 1 aromatic heterocycles. The zero-order valence-corrected chi connectivity index (χ0v) is 19.3. The molecule has 1 aromatic carbocycles. The fourth-order valence-corrected chi connectivity index (χ4v) is 5.16. The summed E-state index contributed by atoms with van der Waals surface area (Å²) < 4.78 is 25.3. The van der Waals surface area contributed by atoms with E-state index in [0.717, 1.165) is 16.8 Å². The van der Waals surface area contributed by atoms with Crippen molar-refractivity contribution >= 4 is 13.3 Å². The van der Waals surface area contributed by atoms with Gasteiger partial charge in [-0.25, -0.2) is 4.57 Å². The van der Waals surface area contributed by atoms with Crippen LogP contribution in [0.2, 0.25) is 19.6 Å². The maximum absolute atomic E-state index is 7.70. The highest BCUT2D eigenvalue weighted by molar-refractivity contribution is 6.89. The maximum Gasteiger partial charge on any atom is 0.212 e. The van der Waals surface area contributed by atoms with Crippen LogP contribution >= 0.6 is 0 Å². The number of benzene rings is 1. The third kappa shape index (κ3) is 3.81. The number of nitrogens with zero attached hydrogens (tertiary/aromatic N) is 1. The second-order valence-corrected chi connectivity index (χ2v) is 15.3. The van der Waals surface area contributed by atoms with Crippen molar-refractivity contribution in [3.63, 3.8) is 0 Å². The normalized spacial score (nSPS) is 15.4. The molecular weight excluding hydrogens is 330 g/mol. The quantitative estimate of drug-likeness (QED) is 0.484. The Morgan fingerprint density at radius 2 is 1.62 bits per heavy atom. The van der Waals surface area contributed by atoms with Gasteiger partial charge in [0, 0.05) is 20.9 Å². The predicted molar refractivity (Wildman–Crippen MR) is 118 cm³/mol. The lowest BCUT2D eigenvalue weighted by molar-refractivity contribution is -0.659. The SMILES string of the molecule is [2H]C([2H])([2H])c1ccc(-c2cc(C(C)(C)C(C)(C)C)c([Si](C)(C)C)c[n+]2C)c(C)c1. The number of aryl methyl sites for hydroxylation is 3. The minimum Gasteiger partial charge on any atom is -0.201 e. The fourth-order valence-electron chi connectivity index (χ4n) is 3.39. The summed E-state index contributed by atoms with van der Waals surface area (Å²) in [4.78, 5) is 0. The third-order valence-corrected chi connectivity index (χ3v) is 8.15. The van der Waals surface area contributed by atoms with Crippen molar-refractivity contribution in [3.8, 4) is 11.3 Å². The molecule has 0 amide bonds. The smallest absolute Gasteiger partial charge is 0.201 e. The monoisotopic (exact) mass is 371 g/mol. The predicted octanol–water partition coefficient (Wildman–Crippen LogP) is 5.66. The molecule has 0 spiro atoms. The number of hydrogen-bond acceptors (Lipinski definition) is 0. The summed E-state index contributed by atoms with van der Waals surface area (Å²) in [5.41, 5.74) is 5.14. The molecule has 0 atom stereocenters. The van der Waals surface area contributed by atoms with E-state index in [1.165, 1.54) is 10.8 Å². The summed E-state index contributed by atoms with van der Waals surface area (Å²) in [6.45, 7) is 18.8. The first kappa shape index (κ1) is 16.7. The minimum atomic E-state index is -2.08. The number of pyridine rings is 1. The van der Waals surface area contributed by atoms with Gasteiger partial charge in [-0.15, -0.1) is 0 Å². The number of aromatic nitrogens is 1. The van der Waals surface area contributed by atoms with E-state index in [9.17, 15) is 0 Å². The van der Waals surface area contributed by atoms with Gasteiger partial charge in [0.1, 0.15) is 7.05 Å². The molecule has 0 radical (unpaired) electrons. The number of hydrogen-bond donors (Lipinski definition) is 0. The second kappa shape index (κ2) is 6.63. The van der Waals surface area contributed by atoms with E-state index in [1.54, 1.807) is 6.07 Å². The highest BCUT2D eigenvalue weighted by atomic mass is 28.3. The Morgan fingerprint density at radius 3 is 2.08 bits per heavy atom. The van der Waals surface area contributed by atoms with E-state index < -0.39 is 14.9 Å². The highest BCUT2D eigenvalue weighted by Crippen LogP contribution is 2.41. The van der Waals surface area contributed by atoms with Crippen molar-refractivity contribution in [1.29, 1.82) is 0 Å². The van der Waals surface area contributed by atoms with Crippen LogP contribution in [0.25, 0.3) is 11.3 Å². The molecule has 2 aromatic rings. The van der Waals surface area contributed by atoms with Crippen molar-refractivity contribution in [2.45, 2.75) is 73.5 Å². The molecular formula is C24H38NSi+. The molecule has 2 heteroatoms. The molecule has 26 heavy (non-hydrogen) atoms. The Labute approximate surface area is 166 Å². The van der Waals surface area contributed by atoms with Gasteiger partial charge in [-0.3, -0.25) is 0 Å². The van der Waals surface area contributed by atoms with Crippen LogP contribution in [0.15, 0.2) is 30.5 Å². The van der Waals surface area contributed by atoms with E-state index in [-0.39, 0.29) is 10.8 Å². The van der Waals surface area contributed by atoms with Crippen LogP contribution in [0.5, 0.6) is 0 Å². The molecule has 142 valence electrons. The maximum atomic E-state index is 7.70. The summed E-state index contributed by atoms with van der Waals surface area (Å²) in [5, 5.41) is 1.49. The van der Waals surface area contributed by atoms with Crippen LogP contribution in [0.4, 0.5) is 0 Å².